The Kier molecular flexibility index (Phi) is 11.9. The zero-order valence-electron chi connectivity index (χ0n) is 31.1. The third-order valence-corrected chi connectivity index (χ3v) is 14.7. The maximum Gasteiger partial charge on any atom is 0.139 e. The molecule has 7 rings (SSSR count). The van der Waals surface area contributed by atoms with Gasteiger partial charge in [0.25, 0.3) is 0 Å². The normalized spacial score (nSPS) is 13.1. The maximum absolute atomic E-state index is 7.26. The van der Waals surface area contributed by atoms with E-state index in [9.17, 15) is 0 Å². The standard InChI is InChI=1S/C39H32OP2.C8H19N/c1-39(2)33-25-15-27-35(41(29-17-7-3-8-18-29)30-19-9-4-10-20-30)37(33)40-38-34(39)26-16-28-36(38)42(31-21-11-5-12-22-31)32-23-13-6-14-24-32;1-6-9(7(2)3)8(4)5/h3-28H,1-2H3;7-8H,6H2,1-5H3. The lowest BCUT2D eigenvalue weighted by molar-refractivity contribution is 0.185. The van der Waals surface area contributed by atoms with Crippen LogP contribution in [0.1, 0.15) is 59.6 Å². The minimum absolute atomic E-state index is 0.225. The zero-order chi connectivity index (χ0) is 36.0. The topological polar surface area (TPSA) is 12.5 Å². The van der Waals surface area contributed by atoms with E-state index in [4.69, 9.17) is 4.74 Å². The van der Waals surface area contributed by atoms with Crippen molar-refractivity contribution in [2.75, 3.05) is 6.54 Å². The molecule has 0 saturated heterocycles. The number of para-hydroxylation sites is 2. The van der Waals surface area contributed by atoms with Crippen molar-refractivity contribution in [3.63, 3.8) is 0 Å². The number of fused-ring (bicyclic) bond motifs is 2. The number of nitrogens with zero attached hydrogens (tertiary/aromatic N) is 1. The van der Waals surface area contributed by atoms with Crippen molar-refractivity contribution in [3.05, 3.63) is 169 Å². The van der Waals surface area contributed by atoms with Gasteiger partial charge in [-0.15, -0.1) is 0 Å². The highest BCUT2D eigenvalue weighted by atomic mass is 31.1. The van der Waals surface area contributed by atoms with Gasteiger partial charge in [0.1, 0.15) is 11.5 Å². The molecule has 2 nitrogen and oxygen atoms in total. The Morgan fingerprint density at radius 3 is 1.04 bits per heavy atom. The molecule has 0 radical (unpaired) electrons. The first kappa shape index (κ1) is 36.7. The summed E-state index contributed by atoms with van der Waals surface area (Å²) in [5.41, 5.74) is 2.26. The summed E-state index contributed by atoms with van der Waals surface area (Å²) in [7, 11) is -1.65. The molecule has 6 aromatic carbocycles. The molecule has 0 bridgehead atoms. The highest BCUT2D eigenvalue weighted by molar-refractivity contribution is 7.80. The first-order chi connectivity index (χ1) is 24.7. The van der Waals surface area contributed by atoms with Gasteiger partial charge in [-0.1, -0.05) is 178 Å². The van der Waals surface area contributed by atoms with Crippen LogP contribution in [0, 0.1) is 0 Å². The molecule has 0 N–H and O–H groups in total. The second-order valence-electron chi connectivity index (χ2n) is 14.1. The minimum Gasteiger partial charge on any atom is -0.455 e. The van der Waals surface area contributed by atoms with E-state index < -0.39 is 15.8 Å². The molecule has 0 amide bonds. The predicted octanol–water partition coefficient (Wildman–Crippen LogP) is 9.76. The minimum atomic E-state index is -0.824. The number of rotatable bonds is 9. The van der Waals surface area contributed by atoms with Crippen LogP contribution in [-0.4, -0.2) is 23.5 Å². The Bertz CT molecular complexity index is 1770. The Morgan fingerprint density at radius 2 is 0.784 bits per heavy atom. The van der Waals surface area contributed by atoms with Gasteiger partial charge in [0.15, 0.2) is 0 Å². The third-order valence-electron chi connectivity index (χ3n) is 9.77. The maximum atomic E-state index is 7.26. The Morgan fingerprint density at radius 1 is 0.471 bits per heavy atom. The summed E-state index contributed by atoms with van der Waals surface area (Å²) >= 11 is 0. The SMILES string of the molecule is CC1(C)c2cccc(P(c3ccccc3)c3ccccc3)c2Oc2c(P(c3ccccc3)c3ccccc3)cccc21.CCN(C(C)C)C(C)C. The molecule has 0 aliphatic carbocycles. The van der Waals surface area contributed by atoms with Crippen molar-refractivity contribution in [2.45, 2.75) is 66.0 Å². The fourth-order valence-corrected chi connectivity index (χ4v) is 12.1. The van der Waals surface area contributed by atoms with Crippen molar-refractivity contribution in [1.29, 1.82) is 0 Å². The molecule has 4 heteroatoms. The number of ether oxygens (including phenoxy) is 1. The lowest BCUT2D eigenvalue weighted by Crippen LogP contribution is -2.36. The van der Waals surface area contributed by atoms with Gasteiger partial charge in [-0.25, -0.2) is 0 Å². The molecule has 0 atom stereocenters. The fourth-order valence-electron chi connectivity index (χ4n) is 7.34. The Hall–Kier alpha value is -4.06. The van der Waals surface area contributed by atoms with Gasteiger partial charge < -0.3 is 4.74 Å². The molecule has 0 unspecified atom stereocenters. The van der Waals surface area contributed by atoms with E-state index in [1.807, 2.05) is 0 Å². The zero-order valence-corrected chi connectivity index (χ0v) is 32.9. The molecule has 0 fully saturated rings. The molecule has 1 heterocycles. The molecule has 1 aliphatic heterocycles. The van der Waals surface area contributed by atoms with Crippen LogP contribution in [0.5, 0.6) is 11.5 Å². The number of benzene rings is 6. The molecule has 0 spiro atoms. The van der Waals surface area contributed by atoms with Crippen LogP contribution in [-0.2, 0) is 5.41 Å². The van der Waals surface area contributed by atoms with E-state index in [-0.39, 0.29) is 5.41 Å². The second-order valence-corrected chi connectivity index (χ2v) is 18.4. The van der Waals surface area contributed by atoms with E-state index >= 15 is 0 Å². The van der Waals surface area contributed by atoms with Gasteiger partial charge in [0, 0.05) is 39.2 Å². The number of hydrogen-bond acceptors (Lipinski definition) is 2. The fraction of sp³-hybridized carbons (Fsp3) is 0.234. The summed E-state index contributed by atoms with van der Waals surface area (Å²) in [6, 6.07) is 58.5. The van der Waals surface area contributed by atoms with Gasteiger partial charge in [-0.3, -0.25) is 4.90 Å². The van der Waals surface area contributed by atoms with Crippen LogP contribution < -0.4 is 36.6 Å². The molecule has 1 aliphatic rings. The Balaban J connectivity index is 0.000000442. The molecular weight excluding hydrogens is 656 g/mol. The predicted molar refractivity (Wildman–Crippen MR) is 225 cm³/mol. The first-order valence-corrected chi connectivity index (χ1v) is 20.9. The van der Waals surface area contributed by atoms with E-state index in [0.717, 1.165) is 18.0 Å². The number of hydrogen-bond donors (Lipinski definition) is 0. The smallest absolute Gasteiger partial charge is 0.139 e. The molecule has 6 aromatic rings. The van der Waals surface area contributed by atoms with Crippen molar-refractivity contribution in [1.82, 2.24) is 4.90 Å². The summed E-state index contributed by atoms with van der Waals surface area (Å²) < 4.78 is 7.26. The molecule has 0 saturated carbocycles. The van der Waals surface area contributed by atoms with Gasteiger partial charge in [0.05, 0.1) is 0 Å². The quantitative estimate of drug-likeness (QED) is 0.139. The Labute approximate surface area is 309 Å². The van der Waals surface area contributed by atoms with Crippen LogP contribution in [0.15, 0.2) is 158 Å². The van der Waals surface area contributed by atoms with Crippen molar-refractivity contribution < 1.29 is 4.74 Å². The van der Waals surface area contributed by atoms with Crippen molar-refractivity contribution >= 4 is 47.7 Å². The summed E-state index contributed by atoms with van der Waals surface area (Å²) in [4.78, 5) is 2.46. The van der Waals surface area contributed by atoms with Gasteiger partial charge in [0.2, 0.25) is 0 Å². The summed E-state index contributed by atoms with van der Waals surface area (Å²) in [6.45, 7) is 17.0. The van der Waals surface area contributed by atoms with E-state index in [1.165, 1.54) is 43.0 Å². The van der Waals surface area contributed by atoms with Crippen LogP contribution in [0.25, 0.3) is 0 Å². The van der Waals surface area contributed by atoms with E-state index in [0.29, 0.717) is 12.1 Å². The molecular formula is C47H51NOP2. The van der Waals surface area contributed by atoms with E-state index in [1.54, 1.807) is 0 Å². The average molecular weight is 708 g/mol. The largest absolute Gasteiger partial charge is 0.455 e. The second kappa shape index (κ2) is 16.5. The summed E-state index contributed by atoms with van der Waals surface area (Å²) in [5.74, 6) is 2.02. The molecule has 0 aromatic heterocycles. The van der Waals surface area contributed by atoms with Gasteiger partial charge >= 0.3 is 0 Å². The van der Waals surface area contributed by atoms with Crippen LogP contribution >= 0.6 is 15.8 Å². The van der Waals surface area contributed by atoms with Crippen molar-refractivity contribution in [3.8, 4) is 11.5 Å². The third kappa shape index (κ3) is 7.90. The monoisotopic (exact) mass is 707 g/mol. The van der Waals surface area contributed by atoms with Gasteiger partial charge in [-0.05, 0) is 71.3 Å². The highest BCUT2D eigenvalue weighted by Gasteiger charge is 2.39. The lowest BCUT2D eigenvalue weighted by atomic mass is 9.76. The van der Waals surface area contributed by atoms with Crippen LogP contribution in [0.4, 0.5) is 0 Å². The van der Waals surface area contributed by atoms with Gasteiger partial charge in [-0.2, -0.15) is 0 Å². The highest BCUT2D eigenvalue weighted by Crippen LogP contribution is 2.52. The average Bonchev–Trinajstić information content (AvgIpc) is 3.14. The first-order valence-electron chi connectivity index (χ1n) is 18.2. The summed E-state index contributed by atoms with van der Waals surface area (Å²) in [5, 5.41) is 7.81. The van der Waals surface area contributed by atoms with Crippen molar-refractivity contribution in [2.24, 2.45) is 0 Å². The summed E-state index contributed by atoms with van der Waals surface area (Å²) in [6.07, 6.45) is 0. The van der Waals surface area contributed by atoms with Crippen LogP contribution in [0.3, 0.4) is 0 Å². The lowest BCUT2D eigenvalue weighted by Gasteiger charge is -2.38. The molecule has 260 valence electrons. The molecule has 51 heavy (non-hydrogen) atoms. The van der Waals surface area contributed by atoms with E-state index in [2.05, 4.69) is 211 Å². The van der Waals surface area contributed by atoms with Crippen LogP contribution in [0.2, 0.25) is 0 Å².